The van der Waals surface area contributed by atoms with E-state index in [4.69, 9.17) is 11.6 Å². The van der Waals surface area contributed by atoms with Crippen LogP contribution in [0.2, 0.25) is 5.02 Å². The lowest BCUT2D eigenvalue weighted by Crippen LogP contribution is -2.04. The fourth-order valence-corrected chi connectivity index (χ4v) is 2.43. The number of imidazole rings is 1. The van der Waals surface area contributed by atoms with Crippen LogP contribution in [0.3, 0.4) is 0 Å². The van der Waals surface area contributed by atoms with Gasteiger partial charge < -0.3 is 9.67 Å². The molecule has 0 amide bonds. The third-order valence-corrected chi connectivity index (χ3v) is 3.68. The van der Waals surface area contributed by atoms with Crippen molar-refractivity contribution in [1.29, 1.82) is 0 Å². The highest BCUT2D eigenvalue weighted by atomic mass is 35.5. The predicted octanol–water partition coefficient (Wildman–Crippen LogP) is 3.81. The van der Waals surface area contributed by atoms with E-state index in [9.17, 15) is 5.11 Å². The molecule has 2 aromatic carbocycles. The second-order valence-corrected chi connectivity index (χ2v) is 5.22. The number of fused-ring (bicyclic) bond motifs is 1. The van der Waals surface area contributed by atoms with Gasteiger partial charge in [0.25, 0.3) is 0 Å². The Labute approximate surface area is 122 Å². The van der Waals surface area contributed by atoms with Gasteiger partial charge in [0, 0.05) is 11.6 Å². The van der Waals surface area contributed by atoms with Crippen LogP contribution >= 0.6 is 11.6 Å². The average Bonchev–Trinajstić information content (AvgIpc) is 2.89. The van der Waals surface area contributed by atoms with E-state index in [1.165, 1.54) is 0 Å². The molecule has 0 saturated heterocycles. The molecule has 1 N–H and O–H groups in total. The van der Waals surface area contributed by atoms with E-state index < -0.39 is 6.10 Å². The highest BCUT2D eigenvalue weighted by Crippen LogP contribution is 2.21. The van der Waals surface area contributed by atoms with Crippen LogP contribution in [0.15, 0.2) is 54.9 Å². The molecule has 102 valence electrons. The fourth-order valence-electron chi connectivity index (χ4n) is 2.30. The zero-order valence-corrected chi connectivity index (χ0v) is 11.7. The van der Waals surface area contributed by atoms with Crippen LogP contribution in [0.5, 0.6) is 0 Å². The molecule has 3 nitrogen and oxygen atoms in total. The maximum atomic E-state index is 10.2. The van der Waals surface area contributed by atoms with Gasteiger partial charge in [-0.15, -0.1) is 0 Å². The lowest BCUT2D eigenvalue weighted by molar-refractivity contribution is 0.161. The van der Waals surface area contributed by atoms with E-state index >= 15 is 0 Å². The van der Waals surface area contributed by atoms with Crippen LogP contribution in [-0.4, -0.2) is 14.7 Å². The number of aromatic nitrogens is 2. The normalized spacial score (nSPS) is 12.7. The summed E-state index contributed by atoms with van der Waals surface area (Å²) in [4.78, 5) is 4.34. The zero-order valence-electron chi connectivity index (χ0n) is 10.9. The molecule has 4 heteroatoms. The first-order valence-electron chi connectivity index (χ1n) is 6.57. The summed E-state index contributed by atoms with van der Waals surface area (Å²) in [7, 11) is 0. The second kappa shape index (κ2) is 5.65. The molecule has 3 rings (SSSR count). The summed E-state index contributed by atoms with van der Waals surface area (Å²) in [5, 5.41) is 10.9. The van der Waals surface area contributed by atoms with Crippen LogP contribution in [0.4, 0.5) is 0 Å². The number of hydrogen-bond donors (Lipinski definition) is 1. The number of aliphatic hydroxyl groups is 1. The fraction of sp³-hybridized carbons (Fsp3) is 0.188. The third-order valence-electron chi connectivity index (χ3n) is 3.43. The summed E-state index contributed by atoms with van der Waals surface area (Å²) >= 11 is 5.85. The summed E-state index contributed by atoms with van der Waals surface area (Å²) < 4.78 is 2.06. The average molecular weight is 287 g/mol. The van der Waals surface area contributed by atoms with Gasteiger partial charge in [0.05, 0.1) is 23.5 Å². The molecule has 0 spiro atoms. The number of halogens is 1. The van der Waals surface area contributed by atoms with E-state index in [0.717, 1.165) is 23.1 Å². The largest absolute Gasteiger partial charge is 0.388 e. The zero-order chi connectivity index (χ0) is 13.9. The lowest BCUT2D eigenvalue weighted by Gasteiger charge is -2.12. The summed E-state index contributed by atoms with van der Waals surface area (Å²) in [5.41, 5.74) is 2.96. The first-order valence-corrected chi connectivity index (χ1v) is 6.95. The molecule has 0 radical (unpaired) electrons. The molecular weight excluding hydrogens is 272 g/mol. The first-order chi connectivity index (χ1) is 9.74. The van der Waals surface area contributed by atoms with Crippen molar-refractivity contribution in [3.05, 3.63) is 65.4 Å². The lowest BCUT2D eigenvalue weighted by atomic mass is 10.1. The summed E-state index contributed by atoms with van der Waals surface area (Å²) in [6.45, 7) is 0.726. The molecule has 1 atom stereocenters. The Kier molecular flexibility index (Phi) is 3.72. The Morgan fingerprint density at radius 2 is 1.85 bits per heavy atom. The standard InChI is InChI=1S/C16H15ClN2O/c17-13-7-5-12(6-8-13)16(20)9-10-19-11-18-14-3-1-2-4-15(14)19/h1-8,11,16,20H,9-10H2. The third kappa shape index (κ3) is 2.69. The molecule has 0 aliphatic heterocycles. The molecular formula is C16H15ClN2O. The van der Waals surface area contributed by atoms with E-state index in [1.54, 1.807) is 12.1 Å². The van der Waals surface area contributed by atoms with Gasteiger partial charge in [0.2, 0.25) is 0 Å². The maximum Gasteiger partial charge on any atom is 0.0958 e. The van der Waals surface area contributed by atoms with Gasteiger partial charge in [-0.1, -0.05) is 35.9 Å². The SMILES string of the molecule is OC(CCn1cnc2ccccc21)c1ccc(Cl)cc1. The molecule has 20 heavy (non-hydrogen) atoms. The van der Waals surface area contributed by atoms with E-state index in [0.29, 0.717) is 11.4 Å². The van der Waals surface area contributed by atoms with Crippen molar-refractivity contribution in [3.8, 4) is 0 Å². The quantitative estimate of drug-likeness (QED) is 0.792. The van der Waals surface area contributed by atoms with Crippen LogP contribution < -0.4 is 0 Å². The molecule has 0 fully saturated rings. The Morgan fingerprint density at radius 3 is 2.65 bits per heavy atom. The van der Waals surface area contributed by atoms with Crippen molar-refractivity contribution >= 4 is 22.6 Å². The molecule has 1 aromatic heterocycles. The number of para-hydroxylation sites is 2. The highest BCUT2D eigenvalue weighted by Gasteiger charge is 2.09. The van der Waals surface area contributed by atoms with Gasteiger partial charge in [0.1, 0.15) is 0 Å². The molecule has 0 bridgehead atoms. The first kappa shape index (κ1) is 13.2. The predicted molar refractivity (Wildman–Crippen MR) is 80.8 cm³/mol. The van der Waals surface area contributed by atoms with Gasteiger partial charge in [0.15, 0.2) is 0 Å². The second-order valence-electron chi connectivity index (χ2n) is 4.78. The Balaban J connectivity index is 1.71. The van der Waals surface area contributed by atoms with E-state index in [-0.39, 0.29) is 0 Å². The Bertz CT molecular complexity index is 706. The Hall–Kier alpha value is -1.84. The van der Waals surface area contributed by atoms with Crippen molar-refractivity contribution in [2.45, 2.75) is 19.1 Å². The van der Waals surface area contributed by atoms with Crippen molar-refractivity contribution in [2.24, 2.45) is 0 Å². The molecule has 1 unspecified atom stereocenters. The van der Waals surface area contributed by atoms with E-state index in [1.807, 2.05) is 42.7 Å². The monoisotopic (exact) mass is 286 g/mol. The molecule has 3 aromatic rings. The minimum Gasteiger partial charge on any atom is -0.388 e. The molecule has 0 aliphatic rings. The van der Waals surface area contributed by atoms with Crippen molar-refractivity contribution in [2.75, 3.05) is 0 Å². The summed E-state index contributed by atoms with van der Waals surface area (Å²) in [6, 6.07) is 15.3. The highest BCUT2D eigenvalue weighted by molar-refractivity contribution is 6.30. The number of hydrogen-bond acceptors (Lipinski definition) is 2. The summed E-state index contributed by atoms with van der Waals surface area (Å²) in [5.74, 6) is 0. The molecule has 0 saturated carbocycles. The molecule has 1 heterocycles. The van der Waals surface area contributed by atoms with Crippen LogP contribution in [0, 0.1) is 0 Å². The van der Waals surface area contributed by atoms with Crippen LogP contribution in [-0.2, 0) is 6.54 Å². The summed E-state index contributed by atoms with van der Waals surface area (Å²) in [6.07, 6.45) is 1.97. The van der Waals surface area contributed by atoms with Gasteiger partial charge in [-0.2, -0.15) is 0 Å². The molecule has 0 aliphatic carbocycles. The Morgan fingerprint density at radius 1 is 1.10 bits per heavy atom. The minimum atomic E-state index is -0.492. The number of benzene rings is 2. The van der Waals surface area contributed by atoms with Gasteiger partial charge in [-0.25, -0.2) is 4.98 Å². The van der Waals surface area contributed by atoms with Gasteiger partial charge in [-0.3, -0.25) is 0 Å². The number of aryl methyl sites for hydroxylation is 1. The topological polar surface area (TPSA) is 38.0 Å². The smallest absolute Gasteiger partial charge is 0.0958 e. The van der Waals surface area contributed by atoms with Crippen molar-refractivity contribution < 1.29 is 5.11 Å². The van der Waals surface area contributed by atoms with Gasteiger partial charge in [-0.05, 0) is 36.2 Å². The number of nitrogens with zero attached hydrogens (tertiary/aromatic N) is 2. The number of aliphatic hydroxyl groups excluding tert-OH is 1. The van der Waals surface area contributed by atoms with Crippen LogP contribution in [0.1, 0.15) is 18.1 Å². The van der Waals surface area contributed by atoms with Crippen molar-refractivity contribution in [3.63, 3.8) is 0 Å². The maximum absolute atomic E-state index is 10.2. The van der Waals surface area contributed by atoms with Crippen molar-refractivity contribution in [1.82, 2.24) is 9.55 Å². The number of rotatable bonds is 4. The minimum absolute atomic E-state index is 0.492. The van der Waals surface area contributed by atoms with Gasteiger partial charge >= 0.3 is 0 Å². The van der Waals surface area contributed by atoms with Crippen LogP contribution in [0.25, 0.3) is 11.0 Å². The van der Waals surface area contributed by atoms with E-state index in [2.05, 4.69) is 9.55 Å².